The van der Waals surface area contributed by atoms with Crippen molar-refractivity contribution in [3.63, 3.8) is 0 Å². The summed E-state index contributed by atoms with van der Waals surface area (Å²) in [7, 11) is 0. The van der Waals surface area contributed by atoms with Crippen LogP contribution >= 0.6 is 0 Å². The molecule has 1 rings (SSSR count). The molecular formula is C77H136F8N12O42. The Hall–Kier alpha value is -9.40. The third-order valence-corrected chi connectivity index (χ3v) is 17.1. The molecule has 139 heavy (non-hydrogen) atoms. The number of nitrogens with one attached hydrogen (secondary N) is 12. The molecule has 0 aromatic rings. The topological polar surface area (TPSA) is 626 Å². The van der Waals surface area contributed by atoms with Crippen LogP contribution in [0.3, 0.4) is 0 Å². The quantitative estimate of drug-likeness (QED) is 0.0180. The van der Waals surface area contributed by atoms with Crippen molar-refractivity contribution in [1.29, 1.82) is 0 Å². The first-order valence-corrected chi connectivity index (χ1v) is 43.6. The Morgan fingerprint density at radius 2 is 0.482 bits per heavy atom. The van der Waals surface area contributed by atoms with E-state index in [1.165, 1.54) is 27.7 Å². The normalized spacial score (nSPS) is 14.4. The van der Waals surface area contributed by atoms with Crippen molar-refractivity contribution in [2.75, 3.05) is 224 Å². The molecular weight excluding hydrogens is 1920 g/mol. The van der Waals surface area contributed by atoms with Gasteiger partial charge in [-0.25, -0.2) is 38.4 Å². The lowest BCUT2D eigenvalue weighted by atomic mass is 9.92. The van der Waals surface area contributed by atoms with Gasteiger partial charge in [0.15, 0.2) is 31.5 Å². The fourth-order valence-electron chi connectivity index (χ4n) is 10.3. The van der Waals surface area contributed by atoms with E-state index in [1.54, 1.807) is 0 Å². The maximum absolute atomic E-state index is 13.8. The van der Waals surface area contributed by atoms with E-state index in [2.05, 4.69) is 124 Å². The molecule has 812 valence electrons. The number of carbonyl (C=O) groups is 12. The number of ether oxygens (including phenoxy) is 22. The molecule has 1 fully saturated rings. The fourth-order valence-corrected chi connectivity index (χ4v) is 10.3. The third kappa shape index (κ3) is 75.2. The van der Waals surface area contributed by atoms with Gasteiger partial charge >= 0.3 is 48.7 Å². The molecule has 1 heterocycles. The van der Waals surface area contributed by atoms with Crippen molar-refractivity contribution in [3.8, 4) is 0 Å². The highest BCUT2D eigenvalue weighted by molar-refractivity contribution is 5.78. The number of carbonyl (C=O) groups excluding carboxylic acids is 12. The molecule has 0 saturated carbocycles. The predicted molar refractivity (Wildman–Crippen MR) is 447 cm³/mol. The summed E-state index contributed by atoms with van der Waals surface area (Å²) in [5.41, 5.74) is -1.71. The molecule has 12 amide bonds. The Morgan fingerprint density at radius 1 is 0.273 bits per heavy atom. The smallest absolute Gasteiger partial charge is 0.409 e. The average molecular weight is 2050 g/mol. The Bertz CT molecular complexity index is 2940. The lowest BCUT2D eigenvalue weighted by Crippen LogP contribution is -2.46. The van der Waals surface area contributed by atoms with Crippen LogP contribution in [0.1, 0.15) is 102 Å². The van der Waals surface area contributed by atoms with Gasteiger partial charge in [0.05, 0.1) is 149 Å². The van der Waals surface area contributed by atoms with E-state index in [-0.39, 0.29) is 85.3 Å². The maximum Gasteiger partial charge on any atom is 0.409 e. The number of amides is 12. The molecule has 1 aliphatic rings. The minimum Gasteiger partial charge on any atom is -0.447 e. The van der Waals surface area contributed by atoms with E-state index in [4.69, 9.17) is 104 Å². The van der Waals surface area contributed by atoms with E-state index < -0.39 is 310 Å². The van der Waals surface area contributed by atoms with Gasteiger partial charge in [-0.2, -0.15) is 39.5 Å². The highest BCUT2D eigenvalue weighted by Gasteiger charge is 2.35. The number of alkyl carbamates (subject to hydrolysis) is 8. The summed E-state index contributed by atoms with van der Waals surface area (Å²) in [6.07, 6.45) is -21.9. The molecule has 12 N–H and O–H groups in total. The Labute approximate surface area is 795 Å². The van der Waals surface area contributed by atoms with Crippen LogP contribution in [0, 0.1) is 17.3 Å². The van der Waals surface area contributed by atoms with Crippen molar-refractivity contribution < 1.29 is 237 Å². The number of halogens is 8. The summed E-state index contributed by atoms with van der Waals surface area (Å²) in [4.78, 5) is 185. The van der Waals surface area contributed by atoms with E-state index >= 15 is 0 Å². The van der Waals surface area contributed by atoms with Gasteiger partial charge in [-0.15, -0.1) is 0 Å². The van der Waals surface area contributed by atoms with Crippen molar-refractivity contribution in [2.45, 2.75) is 182 Å². The minimum atomic E-state index is -1.71. The Morgan fingerprint density at radius 3 is 0.676 bits per heavy atom. The van der Waals surface area contributed by atoms with Gasteiger partial charge in [-0.1, -0.05) is 20.8 Å². The Kier molecular flexibility index (Phi) is 78.6. The van der Waals surface area contributed by atoms with Crippen LogP contribution in [-0.2, 0) is 163 Å². The van der Waals surface area contributed by atoms with Crippen LogP contribution in [0.5, 0.6) is 0 Å². The second kappa shape index (κ2) is 84.3. The molecule has 0 bridgehead atoms. The second-order valence-electron chi connectivity index (χ2n) is 29.5. The summed E-state index contributed by atoms with van der Waals surface area (Å²) in [6.45, 7) is 4.42. The zero-order valence-electron chi connectivity index (χ0n) is 79.2. The SMILES string of the molecule is CC(C)C(C)C1OCCO1.CC(NC(=O)OCC(COC(=O)NC(C)OC(C)OF)NC(=O)CCOCC(COCCC(=O)NC(COC(=O)NCCOCCOF)COC(=O)NCCOCCOF)(COCCC(=O)NC(COC(=O)NCCOCCOF)COC(=O)NCCOCCOF)COCCC(=O)NC(COC(=O)NC(C)OC(C)OF)COC(=O)NC(C)OC(C)OF)OC(C)OF. The van der Waals surface area contributed by atoms with Crippen LogP contribution in [0.4, 0.5) is 74.6 Å². The average Bonchev–Trinajstić information content (AvgIpc) is 1.75. The van der Waals surface area contributed by atoms with Gasteiger partial charge in [0, 0.05) is 57.8 Å². The molecule has 0 spiro atoms. The van der Waals surface area contributed by atoms with Gasteiger partial charge in [0.1, 0.15) is 104 Å². The molecule has 54 nitrogen and oxygen atoms in total. The zero-order valence-corrected chi connectivity index (χ0v) is 79.2. The first kappa shape index (κ1) is 130. The molecule has 1 saturated heterocycles. The summed E-state index contributed by atoms with van der Waals surface area (Å²) in [5.74, 6) is -2.30. The van der Waals surface area contributed by atoms with Gasteiger partial charge in [-0.3, -0.25) is 40.4 Å². The first-order valence-electron chi connectivity index (χ1n) is 43.6. The second-order valence-corrected chi connectivity index (χ2v) is 29.5. The largest absolute Gasteiger partial charge is 0.447 e. The lowest BCUT2D eigenvalue weighted by molar-refractivity contribution is -0.279. The third-order valence-electron chi connectivity index (χ3n) is 17.1. The molecule has 0 aliphatic carbocycles. The van der Waals surface area contributed by atoms with Crippen LogP contribution < -0.4 is 63.8 Å². The highest BCUT2D eigenvalue weighted by atomic mass is 19.3. The van der Waals surface area contributed by atoms with Crippen LogP contribution in [0.25, 0.3) is 0 Å². The molecule has 9 unspecified atom stereocenters. The fraction of sp³-hybridized carbons (Fsp3) is 0.844. The van der Waals surface area contributed by atoms with Gasteiger partial charge in [0.2, 0.25) is 23.6 Å². The van der Waals surface area contributed by atoms with Gasteiger partial charge in [0.25, 0.3) is 0 Å². The number of rotatable bonds is 82. The summed E-state index contributed by atoms with van der Waals surface area (Å²) in [5, 5.41) is 28.3. The molecule has 0 aromatic carbocycles. The van der Waals surface area contributed by atoms with Crippen LogP contribution in [-0.4, -0.2) is 377 Å². The summed E-state index contributed by atoms with van der Waals surface area (Å²) in [6, 6.07) is -5.35. The zero-order chi connectivity index (χ0) is 104. The van der Waals surface area contributed by atoms with E-state index in [1.807, 2.05) is 0 Å². The molecule has 62 heteroatoms. The summed E-state index contributed by atoms with van der Waals surface area (Å²) < 4.78 is 217. The van der Waals surface area contributed by atoms with Crippen LogP contribution in [0.15, 0.2) is 0 Å². The van der Waals surface area contributed by atoms with E-state index in [0.29, 0.717) is 11.8 Å². The van der Waals surface area contributed by atoms with Crippen molar-refractivity contribution >= 4 is 72.4 Å². The number of hydrogen-bond donors (Lipinski definition) is 12. The first-order chi connectivity index (χ1) is 66.6. The molecule has 9 atom stereocenters. The van der Waals surface area contributed by atoms with Gasteiger partial charge in [-0.05, 0) is 97.5 Å². The standard InChI is InChI=1S/C69H120F8N12O40.C8H16O2/c1-45(122-49(5)126-74)82-65(98)114-37-55(38-115-66(99)83-46(2)123-50(6)127-75)88-59(92)11-19-108-43-69(41-106-17-9-57(90)86-53(33-110-61(94)78-13-21-102-25-29-118-70)34-111-62(95)79-14-22-103-26-30-119-71,42-107-18-10-58(91)87-54(35-112-63(96)80-15-23-104-27-31-120-72)36-113-64(97)81-16-24-105-28-32-121-73)44-109-20-12-60(93)89-56(39-116-67(100)84-47(3)124-51(7)128-76)40-117-68(101)85-48(4)125-52(8)129-77;1-6(2)7(3)8-9-4-5-10-8/h45-56H,9-44H2,1-8H3,(H,78,94)(H,79,95)(H,80,96)(H,81,97)(H,82,98)(H,83,99)(H,84,100)(H,85,101)(H,86,90)(H,87,91)(H,88,92)(H,89,93);6-8H,4-5H2,1-3H3. The minimum absolute atomic E-state index is 0.0556. The highest BCUT2D eigenvalue weighted by Crippen LogP contribution is 2.23. The monoisotopic (exact) mass is 2050 g/mol. The van der Waals surface area contributed by atoms with Crippen molar-refractivity contribution in [3.05, 3.63) is 0 Å². The summed E-state index contributed by atoms with van der Waals surface area (Å²) >= 11 is 0. The molecule has 0 aromatic heterocycles. The molecule has 0 radical (unpaired) electrons. The maximum atomic E-state index is 13.8. The predicted octanol–water partition coefficient (Wildman–Crippen LogP) is 3.11. The Balaban J connectivity index is 0.0000178. The van der Waals surface area contributed by atoms with E-state index in [0.717, 1.165) is 40.9 Å². The van der Waals surface area contributed by atoms with Crippen molar-refractivity contribution in [2.24, 2.45) is 17.3 Å². The van der Waals surface area contributed by atoms with Gasteiger partial charge < -0.3 is 147 Å². The van der Waals surface area contributed by atoms with Crippen molar-refractivity contribution in [1.82, 2.24) is 63.8 Å². The lowest BCUT2D eigenvalue weighted by Gasteiger charge is -2.33. The van der Waals surface area contributed by atoms with Crippen LogP contribution in [0.2, 0.25) is 0 Å². The van der Waals surface area contributed by atoms with E-state index in [9.17, 15) is 93.7 Å². The number of hydrogen-bond acceptors (Lipinski definition) is 42. The molecule has 1 aliphatic heterocycles.